The van der Waals surface area contributed by atoms with Crippen LogP contribution < -0.4 is 0 Å². The number of halogens is 1. The monoisotopic (exact) mass is 217 g/mol. The van der Waals surface area contributed by atoms with Crippen LogP contribution in [0.5, 0.6) is 0 Å². The van der Waals surface area contributed by atoms with Crippen molar-refractivity contribution in [3.05, 3.63) is 16.6 Å². The molecule has 0 aliphatic carbocycles. The maximum absolute atomic E-state index is 5.98. The smallest absolute Gasteiger partial charge is 0.0931 e. The predicted molar refractivity (Wildman–Crippen MR) is 54.4 cm³/mol. The lowest BCUT2D eigenvalue weighted by molar-refractivity contribution is 0.161. The summed E-state index contributed by atoms with van der Waals surface area (Å²) in [6.45, 7) is 1.63. The van der Waals surface area contributed by atoms with Crippen molar-refractivity contribution in [2.24, 2.45) is 5.41 Å². The Morgan fingerprint density at radius 1 is 1.69 bits per heavy atom. The maximum Gasteiger partial charge on any atom is 0.0931 e. The average Bonchev–Trinajstić information content (AvgIpc) is 2.77. The third-order valence-corrected chi connectivity index (χ3v) is 3.82. The van der Waals surface area contributed by atoms with Crippen LogP contribution in [-0.2, 0) is 11.2 Å². The van der Waals surface area contributed by atoms with Crippen LogP contribution in [0.15, 0.2) is 11.6 Å². The van der Waals surface area contributed by atoms with E-state index in [4.69, 9.17) is 16.3 Å². The fourth-order valence-corrected chi connectivity index (χ4v) is 2.70. The van der Waals surface area contributed by atoms with Crippen molar-refractivity contribution in [3.8, 4) is 0 Å². The van der Waals surface area contributed by atoms with Crippen molar-refractivity contribution in [1.29, 1.82) is 0 Å². The second-order valence-electron chi connectivity index (χ2n) is 3.54. The van der Waals surface area contributed by atoms with Crippen molar-refractivity contribution in [1.82, 2.24) is 4.98 Å². The SMILES string of the molecule is ClCC1(Cc2nccs2)CCOC1. The summed E-state index contributed by atoms with van der Waals surface area (Å²) in [4.78, 5) is 4.28. The number of alkyl halides is 1. The molecule has 1 saturated heterocycles. The Morgan fingerprint density at radius 2 is 2.62 bits per heavy atom. The van der Waals surface area contributed by atoms with Gasteiger partial charge in [-0.3, -0.25) is 0 Å². The second-order valence-corrected chi connectivity index (χ2v) is 4.79. The molecule has 0 radical (unpaired) electrons. The van der Waals surface area contributed by atoms with E-state index in [2.05, 4.69) is 4.98 Å². The Labute approximate surface area is 86.9 Å². The summed E-state index contributed by atoms with van der Waals surface area (Å²) in [5, 5.41) is 3.18. The molecule has 1 atom stereocenters. The van der Waals surface area contributed by atoms with E-state index in [0.29, 0.717) is 5.88 Å². The summed E-state index contributed by atoms with van der Waals surface area (Å²) >= 11 is 7.68. The normalized spacial score (nSPS) is 28.1. The number of aromatic nitrogens is 1. The summed E-state index contributed by atoms with van der Waals surface area (Å²) in [5.74, 6) is 0.673. The lowest BCUT2D eigenvalue weighted by Crippen LogP contribution is -2.25. The van der Waals surface area contributed by atoms with Crippen molar-refractivity contribution in [2.75, 3.05) is 19.1 Å². The number of ether oxygens (including phenoxy) is 1. The molecule has 2 nitrogen and oxygen atoms in total. The first-order chi connectivity index (χ1) is 6.35. The molecule has 1 unspecified atom stereocenters. The molecule has 1 aliphatic rings. The first-order valence-corrected chi connectivity index (χ1v) is 5.78. The highest BCUT2D eigenvalue weighted by molar-refractivity contribution is 7.09. The lowest BCUT2D eigenvalue weighted by atomic mass is 9.86. The van der Waals surface area contributed by atoms with Gasteiger partial charge in [-0.1, -0.05) is 0 Å². The van der Waals surface area contributed by atoms with E-state index in [0.717, 1.165) is 26.1 Å². The molecule has 1 aromatic heterocycles. The van der Waals surface area contributed by atoms with Crippen LogP contribution in [0.3, 0.4) is 0 Å². The number of hydrogen-bond acceptors (Lipinski definition) is 3. The van der Waals surface area contributed by atoms with Crippen LogP contribution in [0.1, 0.15) is 11.4 Å². The third-order valence-electron chi connectivity index (χ3n) is 2.48. The van der Waals surface area contributed by atoms with Crippen LogP contribution in [0.4, 0.5) is 0 Å². The second kappa shape index (κ2) is 3.95. The van der Waals surface area contributed by atoms with E-state index in [-0.39, 0.29) is 5.41 Å². The topological polar surface area (TPSA) is 22.1 Å². The van der Waals surface area contributed by atoms with Crippen LogP contribution in [0.25, 0.3) is 0 Å². The summed E-state index contributed by atoms with van der Waals surface area (Å²) in [7, 11) is 0. The molecule has 1 fully saturated rings. The Bertz CT molecular complexity index is 257. The quantitative estimate of drug-likeness (QED) is 0.726. The molecule has 0 N–H and O–H groups in total. The van der Waals surface area contributed by atoms with Crippen LogP contribution in [0.2, 0.25) is 0 Å². The predicted octanol–water partition coefficient (Wildman–Crippen LogP) is 2.33. The van der Waals surface area contributed by atoms with Crippen LogP contribution in [-0.4, -0.2) is 24.1 Å². The summed E-state index contributed by atoms with van der Waals surface area (Å²) in [6.07, 6.45) is 3.88. The van der Waals surface area contributed by atoms with Crippen molar-refractivity contribution in [2.45, 2.75) is 12.8 Å². The molecule has 4 heteroatoms. The molecule has 0 spiro atoms. The van der Waals surface area contributed by atoms with Gasteiger partial charge in [0.2, 0.25) is 0 Å². The average molecular weight is 218 g/mol. The maximum atomic E-state index is 5.98. The first-order valence-electron chi connectivity index (χ1n) is 4.37. The van der Waals surface area contributed by atoms with Gasteiger partial charge in [0.1, 0.15) is 0 Å². The van der Waals surface area contributed by atoms with Gasteiger partial charge in [0.25, 0.3) is 0 Å². The van der Waals surface area contributed by atoms with Gasteiger partial charge < -0.3 is 4.74 Å². The standard InChI is InChI=1S/C9H12ClNOS/c10-6-9(1-3-12-7-9)5-8-11-2-4-13-8/h2,4H,1,3,5-7H2. The van der Waals surface area contributed by atoms with Crippen molar-refractivity contribution < 1.29 is 4.74 Å². The van der Waals surface area contributed by atoms with Gasteiger partial charge in [-0.2, -0.15) is 0 Å². The molecule has 0 bridgehead atoms. The Kier molecular flexibility index (Phi) is 2.86. The fraction of sp³-hybridized carbons (Fsp3) is 0.667. The molecule has 2 rings (SSSR count). The number of rotatable bonds is 3. The van der Waals surface area contributed by atoms with E-state index in [9.17, 15) is 0 Å². The zero-order valence-electron chi connectivity index (χ0n) is 7.33. The largest absolute Gasteiger partial charge is 0.381 e. The van der Waals surface area contributed by atoms with Gasteiger partial charge in [-0.15, -0.1) is 22.9 Å². The van der Waals surface area contributed by atoms with E-state index in [1.807, 2.05) is 11.6 Å². The molecule has 0 aromatic carbocycles. The van der Waals surface area contributed by atoms with E-state index < -0.39 is 0 Å². The summed E-state index contributed by atoms with van der Waals surface area (Å²) < 4.78 is 5.39. The Morgan fingerprint density at radius 3 is 3.15 bits per heavy atom. The van der Waals surface area contributed by atoms with E-state index in [1.54, 1.807) is 11.3 Å². The molecule has 1 aromatic rings. The molecule has 0 amide bonds. The fourth-order valence-electron chi connectivity index (χ4n) is 1.60. The summed E-state index contributed by atoms with van der Waals surface area (Å²) in [5.41, 5.74) is 0.152. The minimum absolute atomic E-state index is 0.152. The zero-order chi connectivity index (χ0) is 9.15. The van der Waals surface area contributed by atoms with Gasteiger partial charge in [0.15, 0.2) is 0 Å². The van der Waals surface area contributed by atoms with Crippen LogP contribution in [0, 0.1) is 5.41 Å². The number of thiazole rings is 1. The van der Waals surface area contributed by atoms with Gasteiger partial charge in [-0.25, -0.2) is 4.98 Å². The Balaban J connectivity index is 2.06. The van der Waals surface area contributed by atoms with E-state index in [1.165, 1.54) is 5.01 Å². The minimum atomic E-state index is 0.152. The molecule has 13 heavy (non-hydrogen) atoms. The highest BCUT2D eigenvalue weighted by Gasteiger charge is 2.34. The van der Waals surface area contributed by atoms with Crippen LogP contribution >= 0.6 is 22.9 Å². The van der Waals surface area contributed by atoms with Crippen molar-refractivity contribution >= 4 is 22.9 Å². The molecule has 1 aliphatic heterocycles. The van der Waals surface area contributed by atoms with Gasteiger partial charge in [-0.05, 0) is 6.42 Å². The van der Waals surface area contributed by atoms with Crippen molar-refractivity contribution in [3.63, 3.8) is 0 Å². The lowest BCUT2D eigenvalue weighted by Gasteiger charge is -2.22. The third kappa shape index (κ3) is 2.03. The molecule has 72 valence electrons. The zero-order valence-corrected chi connectivity index (χ0v) is 8.90. The highest BCUT2D eigenvalue weighted by Crippen LogP contribution is 2.34. The molecular weight excluding hydrogens is 206 g/mol. The molecule has 2 heterocycles. The van der Waals surface area contributed by atoms with Gasteiger partial charge in [0.05, 0.1) is 11.6 Å². The highest BCUT2D eigenvalue weighted by atomic mass is 35.5. The number of nitrogens with zero attached hydrogens (tertiary/aromatic N) is 1. The van der Waals surface area contributed by atoms with E-state index >= 15 is 0 Å². The Hall–Kier alpha value is -0.120. The number of hydrogen-bond donors (Lipinski definition) is 0. The summed E-state index contributed by atoms with van der Waals surface area (Å²) in [6, 6.07) is 0. The molecule has 0 saturated carbocycles. The van der Waals surface area contributed by atoms with Gasteiger partial charge >= 0.3 is 0 Å². The van der Waals surface area contributed by atoms with Gasteiger partial charge in [0, 0.05) is 35.9 Å². The minimum Gasteiger partial charge on any atom is -0.381 e. The molecular formula is C9H12ClNOS. The first kappa shape index (κ1) is 9.44.